The van der Waals surface area contributed by atoms with Crippen LogP contribution in [0.1, 0.15) is 41.9 Å². The third kappa shape index (κ3) is 6.55. The molecule has 4 aromatic rings. The number of nitrogens with zero attached hydrogens (tertiary/aromatic N) is 6. The molecular formula is C37H44N6O4. The third-order valence-corrected chi connectivity index (χ3v) is 8.82. The van der Waals surface area contributed by atoms with E-state index in [9.17, 15) is 4.79 Å². The number of piperazine rings is 1. The van der Waals surface area contributed by atoms with Gasteiger partial charge in [0.1, 0.15) is 28.9 Å². The fourth-order valence-electron chi connectivity index (χ4n) is 6.35. The molecule has 246 valence electrons. The molecule has 10 heteroatoms. The highest BCUT2D eigenvalue weighted by atomic mass is 16.5. The fraction of sp³-hybridized carbons (Fsp3) is 0.378. The van der Waals surface area contributed by atoms with Crippen LogP contribution in [-0.2, 0) is 13.0 Å². The van der Waals surface area contributed by atoms with Crippen LogP contribution in [-0.4, -0.2) is 74.4 Å². The van der Waals surface area contributed by atoms with Gasteiger partial charge < -0.3 is 24.0 Å². The minimum Gasteiger partial charge on any atom is -0.497 e. The topological polar surface area (TPSA) is 83.5 Å². The lowest BCUT2D eigenvalue weighted by molar-refractivity contribution is 0.240. The first-order valence-electron chi connectivity index (χ1n) is 16.1. The molecule has 6 rings (SSSR count). The lowest BCUT2D eigenvalue weighted by Crippen LogP contribution is -2.46. The average Bonchev–Trinajstić information content (AvgIpc) is 3.06. The van der Waals surface area contributed by atoms with E-state index < -0.39 is 0 Å². The van der Waals surface area contributed by atoms with E-state index in [-0.39, 0.29) is 12.1 Å². The highest BCUT2D eigenvalue weighted by Gasteiger charge is 2.37. The number of fused-ring (bicyclic) bond motifs is 1. The minimum absolute atomic E-state index is 0.00692. The van der Waals surface area contributed by atoms with Gasteiger partial charge in [-0.3, -0.25) is 4.90 Å². The molecule has 0 saturated carbocycles. The molecule has 0 radical (unpaired) electrons. The van der Waals surface area contributed by atoms with Crippen molar-refractivity contribution in [1.82, 2.24) is 14.9 Å². The summed E-state index contributed by atoms with van der Waals surface area (Å²) in [5.74, 6) is 3.08. The second-order valence-electron chi connectivity index (χ2n) is 12.5. The molecule has 0 aliphatic carbocycles. The van der Waals surface area contributed by atoms with Crippen LogP contribution in [0, 0.1) is 13.8 Å². The summed E-state index contributed by atoms with van der Waals surface area (Å²) >= 11 is 0. The number of methoxy groups -OCH3 is 2. The molecular weight excluding hydrogens is 592 g/mol. The average molecular weight is 637 g/mol. The van der Waals surface area contributed by atoms with Crippen molar-refractivity contribution in [3.05, 3.63) is 88.9 Å². The molecule has 0 bridgehead atoms. The highest BCUT2D eigenvalue weighted by Crippen LogP contribution is 2.42. The van der Waals surface area contributed by atoms with E-state index >= 15 is 0 Å². The van der Waals surface area contributed by atoms with Crippen LogP contribution in [0.25, 0.3) is 0 Å². The molecule has 0 N–H and O–H groups in total. The maximum atomic E-state index is 14.5. The van der Waals surface area contributed by atoms with E-state index in [2.05, 4.69) is 35.0 Å². The molecule has 0 atom stereocenters. The number of ether oxygens (including phenoxy) is 3. The van der Waals surface area contributed by atoms with Gasteiger partial charge in [-0.15, -0.1) is 0 Å². The van der Waals surface area contributed by atoms with Gasteiger partial charge in [-0.05, 0) is 64.1 Å². The molecule has 0 spiro atoms. The zero-order valence-electron chi connectivity index (χ0n) is 28.4. The van der Waals surface area contributed by atoms with Crippen LogP contribution in [0.15, 0.2) is 60.8 Å². The Balaban J connectivity index is 1.41. The molecule has 3 heterocycles. The summed E-state index contributed by atoms with van der Waals surface area (Å²) in [6, 6.07) is 17.7. The summed E-state index contributed by atoms with van der Waals surface area (Å²) < 4.78 is 17.6. The number of anilines is 4. The van der Waals surface area contributed by atoms with E-state index in [0.29, 0.717) is 41.8 Å². The number of aromatic nitrogens is 2. The highest BCUT2D eigenvalue weighted by molar-refractivity contribution is 6.11. The number of urea groups is 1. The first-order chi connectivity index (χ1) is 22.7. The van der Waals surface area contributed by atoms with Crippen LogP contribution < -0.4 is 28.9 Å². The minimum atomic E-state index is -0.219. The van der Waals surface area contributed by atoms with Gasteiger partial charge in [0.15, 0.2) is 0 Å². The Morgan fingerprint density at radius 1 is 0.894 bits per heavy atom. The second kappa shape index (κ2) is 13.5. The van der Waals surface area contributed by atoms with Gasteiger partial charge in [-0.2, -0.15) is 0 Å². The standard InChI is InChI=1S/C37H44N6O4/c1-24(2)47-32-20-29(41-17-15-40(5)16-18-41)12-11-27(32)19-34-38-22-28-23-42(35-25(3)9-8-10-26(35)4)37(44)43(36(28)39-34)31-14-13-30(45-6)21-33(31)46-7/h8-14,20-22,24H,15-19,23H2,1-7H3. The number of hydrogen-bond acceptors (Lipinski definition) is 8. The summed E-state index contributed by atoms with van der Waals surface area (Å²) in [5, 5.41) is 0. The predicted octanol–water partition coefficient (Wildman–Crippen LogP) is 6.52. The van der Waals surface area contributed by atoms with E-state index in [4.69, 9.17) is 24.2 Å². The Kier molecular flexibility index (Phi) is 9.22. The zero-order valence-corrected chi connectivity index (χ0v) is 28.4. The van der Waals surface area contributed by atoms with Gasteiger partial charge >= 0.3 is 6.03 Å². The van der Waals surface area contributed by atoms with Gasteiger partial charge in [0.2, 0.25) is 0 Å². The summed E-state index contributed by atoms with van der Waals surface area (Å²) in [4.78, 5) is 32.6. The SMILES string of the molecule is COc1ccc(N2C(=O)N(c3c(C)cccc3C)Cc3cnc(Cc4ccc(N5CCN(C)CC5)cc4OC(C)C)nc32)c(OC)c1. The molecule has 3 aromatic carbocycles. The van der Waals surface area contributed by atoms with Crippen molar-refractivity contribution in [3.63, 3.8) is 0 Å². The van der Waals surface area contributed by atoms with Crippen molar-refractivity contribution in [2.24, 2.45) is 0 Å². The van der Waals surface area contributed by atoms with Gasteiger partial charge in [0, 0.05) is 67.7 Å². The van der Waals surface area contributed by atoms with Crippen LogP contribution in [0.4, 0.5) is 27.7 Å². The van der Waals surface area contributed by atoms with Crippen molar-refractivity contribution >= 4 is 28.9 Å². The number of rotatable bonds is 9. The normalized spacial score (nSPS) is 15.2. The number of aryl methyl sites for hydroxylation is 2. The van der Waals surface area contributed by atoms with Crippen LogP contribution in [0.3, 0.4) is 0 Å². The number of para-hydroxylation sites is 1. The van der Waals surface area contributed by atoms with E-state index in [1.165, 1.54) is 0 Å². The number of likely N-dealkylation sites (N-methyl/N-ethyl adjacent to an activating group) is 1. The Bertz CT molecular complexity index is 1750. The van der Waals surface area contributed by atoms with E-state index in [0.717, 1.165) is 65.6 Å². The molecule has 1 fully saturated rings. The Hall–Kier alpha value is -4.83. The first-order valence-corrected chi connectivity index (χ1v) is 16.1. The smallest absolute Gasteiger partial charge is 0.335 e. The summed E-state index contributed by atoms with van der Waals surface area (Å²) in [6.45, 7) is 12.5. The maximum Gasteiger partial charge on any atom is 0.335 e. The number of hydrogen-bond donors (Lipinski definition) is 0. The molecule has 2 aliphatic heterocycles. The monoisotopic (exact) mass is 636 g/mol. The van der Waals surface area contributed by atoms with Crippen molar-refractivity contribution in [2.75, 3.05) is 62.1 Å². The van der Waals surface area contributed by atoms with Crippen molar-refractivity contribution in [1.29, 1.82) is 0 Å². The molecule has 2 amide bonds. The van der Waals surface area contributed by atoms with Gasteiger partial charge in [0.25, 0.3) is 0 Å². The second-order valence-corrected chi connectivity index (χ2v) is 12.5. The van der Waals surface area contributed by atoms with Gasteiger partial charge in [-0.25, -0.2) is 19.7 Å². The molecule has 2 aliphatic rings. The number of benzene rings is 3. The van der Waals surface area contributed by atoms with Crippen molar-refractivity contribution in [2.45, 2.75) is 46.8 Å². The maximum absolute atomic E-state index is 14.5. The molecule has 1 saturated heterocycles. The van der Waals surface area contributed by atoms with Crippen LogP contribution >= 0.6 is 0 Å². The Morgan fingerprint density at radius 2 is 1.64 bits per heavy atom. The zero-order chi connectivity index (χ0) is 33.2. The van der Waals surface area contributed by atoms with Crippen LogP contribution in [0.5, 0.6) is 17.2 Å². The number of carbonyl (C=O) groups is 1. The summed E-state index contributed by atoms with van der Waals surface area (Å²) in [6.07, 6.45) is 2.29. The first kappa shape index (κ1) is 32.1. The third-order valence-electron chi connectivity index (χ3n) is 8.82. The Labute approximate surface area is 277 Å². The lowest BCUT2D eigenvalue weighted by Gasteiger charge is -2.37. The van der Waals surface area contributed by atoms with E-state index in [1.807, 2.05) is 64.2 Å². The van der Waals surface area contributed by atoms with Crippen LogP contribution in [0.2, 0.25) is 0 Å². The number of carbonyl (C=O) groups excluding carboxylic acids is 1. The van der Waals surface area contributed by atoms with Crippen molar-refractivity contribution < 1.29 is 19.0 Å². The molecule has 10 nitrogen and oxygen atoms in total. The molecule has 47 heavy (non-hydrogen) atoms. The molecule has 1 aromatic heterocycles. The van der Waals surface area contributed by atoms with Gasteiger partial charge in [-0.1, -0.05) is 24.3 Å². The lowest BCUT2D eigenvalue weighted by atomic mass is 10.1. The molecule has 0 unspecified atom stereocenters. The summed E-state index contributed by atoms with van der Waals surface area (Å²) in [7, 11) is 5.35. The largest absolute Gasteiger partial charge is 0.497 e. The quantitative estimate of drug-likeness (QED) is 0.206. The summed E-state index contributed by atoms with van der Waals surface area (Å²) in [5.41, 5.74) is 6.44. The van der Waals surface area contributed by atoms with E-state index in [1.54, 1.807) is 30.1 Å². The fourth-order valence-corrected chi connectivity index (χ4v) is 6.35. The van der Waals surface area contributed by atoms with Gasteiger partial charge in [0.05, 0.1) is 38.2 Å². The van der Waals surface area contributed by atoms with Crippen molar-refractivity contribution in [3.8, 4) is 17.2 Å². The Morgan fingerprint density at radius 3 is 2.32 bits per heavy atom. The number of amides is 2. The predicted molar refractivity (Wildman–Crippen MR) is 186 cm³/mol.